The van der Waals surface area contributed by atoms with Crippen molar-refractivity contribution in [1.82, 2.24) is 9.88 Å². The Morgan fingerprint density at radius 2 is 1.96 bits per heavy atom. The van der Waals surface area contributed by atoms with Crippen LogP contribution in [0.1, 0.15) is 6.42 Å². The van der Waals surface area contributed by atoms with Gasteiger partial charge in [0.15, 0.2) is 6.61 Å². The molecule has 1 aliphatic heterocycles. The van der Waals surface area contributed by atoms with E-state index in [1.54, 1.807) is 11.1 Å². The van der Waals surface area contributed by atoms with Crippen molar-refractivity contribution in [2.45, 2.75) is 12.5 Å². The van der Waals surface area contributed by atoms with Crippen molar-refractivity contribution in [3.05, 3.63) is 66.6 Å². The number of aromatic nitrogens is 1. The van der Waals surface area contributed by atoms with Crippen LogP contribution in [-0.4, -0.2) is 41.6 Å². The second kappa shape index (κ2) is 7.61. The second-order valence-electron chi connectivity index (χ2n) is 6.44. The van der Waals surface area contributed by atoms with Crippen LogP contribution in [0.5, 0.6) is 11.5 Å². The van der Waals surface area contributed by atoms with Gasteiger partial charge in [0.1, 0.15) is 28.9 Å². The molecule has 3 aromatic rings. The van der Waals surface area contributed by atoms with Crippen LogP contribution in [0.2, 0.25) is 0 Å². The van der Waals surface area contributed by atoms with Gasteiger partial charge in [-0.15, -0.1) is 0 Å². The zero-order chi connectivity index (χ0) is 18.6. The van der Waals surface area contributed by atoms with Gasteiger partial charge in [-0.05, 0) is 36.4 Å². The average molecular weight is 366 g/mol. The van der Waals surface area contributed by atoms with Crippen LogP contribution in [0.3, 0.4) is 0 Å². The monoisotopic (exact) mass is 366 g/mol. The summed E-state index contributed by atoms with van der Waals surface area (Å²) in [6.07, 6.45) is 2.42. The molecule has 0 radical (unpaired) electrons. The first-order chi connectivity index (χ1) is 13.2. The van der Waals surface area contributed by atoms with E-state index in [2.05, 4.69) is 4.98 Å². The van der Waals surface area contributed by atoms with Crippen molar-refractivity contribution in [3.8, 4) is 11.5 Å². The molecular weight excluding hydrogens is 347 g/mol. The summed E-state index contributed by atoms with van der Waals surface area (Å²) in [5, 5.41) is 1.02. The summed E-state index contributed by atoms with van der Waals surface area (Å²) in [6, 6.07) is 15.3. The Hall–Kier alpha value is -3.15. The van der Waals surface area contributed by atoms with E-state index in [1.165, 1.54) is 24.3 Å². The molecule has 0 spiro atoms. The molecule has 5 nitrogen and oxygen atoms in total. The maximum Gasteiger partial charge on any atom is 0.260 e. The molecule has 0 unspecified atom stereocenters. The fourth-order valence-corrected chi connectivity index (χ4v) is 3.17. The first-order valence-corrected chi connectivity index (χ1v) is 8.85. The first-order valence-electron chi connectivity index (χ1n) is 8.85. The lowest BCUT2D eigenvalue weighted by atomic mass is 10.2. The molecule has 2 aromatic carbocycles. The topological polar surface area (TPSA) is 51.7 Å². The summed E-state index contributed by atoms with van der Waals surface area (Å²) in [7, 11) is 0. The van der Waals surface area contributed by atoms with E-state index < -0.39 is 0 Å². The number of carbonyl (C=O) groups is 1. The van der Waals surface area contributed by atoms with Gasteiger partial charge in [0, 0.05) is 24.5 Å². The smallest absolute Gasteiger partial charge is 0.260 e. The summed E-state index contributed by atoms with van der Waals surface area (Å²) < 4.78 is 24.4. The van der Waals surface area contributed by atoms with Gasteiger partial charge in [0.05, 0.1) is 6.54 Å². The fourth-order valence-electron chi connectivity index (χ4n) is 3.17. The highest BCUT2D eigenvalue weighted by molar-refractivity contribution is 5.84. The zero-order valence-electron chi connectivity index (χ0n) is 14.7. The van der Waals surface area contributed by atoms with Crippen LogP contribution < -0.4 is 9.47 Å². The lowest BCUT2D eigenvalue weighted by molar-refractivity contribution is -0.132. The van der Waals surface area contributed by atoms with E-state index in [-0.39, 0.29) is 24.4 Å². The fraction of sp³-hybridized carbons (Fsp3) is 0.238. The molecular formula is C21H19FN2O3. The minimum atomic E-state index is -0.337. The van der Waals surface area contributed by atoms with Crippen molar-refractivity contribution >= 4 is 16.8 Å². The number of rotatable bonds is 5. The Kier molecular flexibility index (Phi) is 4.87. The van der Waals surface area contributed by atoms with Crippen molar-refractivity contribution in [2.75, 3.05) is 19.7 Å². The average Bonchev–Trinajstić information content (AvgIpc) is 3.16. The quantitative estimate of drug-likeness (QED) is 0.694. The molecule has 0 aliphatic carbocycles. The third-order valence-electron chi connectivity index (χ3n) is 4.56. The van der Waals surface area contributed by atoms with Gasteiger partial charge in [-0.25, -0.2) is 4.39 Å². The van der Waals surface area contributed by atoms with E-state index in [0.29, 0.717) is 18.8 Å². The predicted octanol–water partition coefficient (Wildman–Crippen LogP) is 3.43. The molecule has 0 N–H and O–H groups in total. The largest absolute Gasteiger partial charge is 0.486 e. The minimum Gasteiger partial charge on any atom is -0.486 e. The Morgan fingerprint density at radius 1 is 1.15 bits per heavy atom. The van der Waals surface area contributed by atoms with Gasteiger partial charge in [0.2, 0.25) is 0 Å². The molecule has 0 saturated carbocycles. The number of likely N-dealkylation sites (tertiary alicyclic amines) is 1. The van der Waals surface area contributed by atoms with Crippen LogP contribution >= 0.6 is 0 Å². The summed E-state index contributed by atoms with van der Waals surface area (Å²) in [5.74, 6) is 0.756. The first kappa shape index (κ1) is 17.3. The van der Waals surface area contributed by atoms with Gasteiger partial charge < -0.3 is 14.4 Å². The minimum absolute atomic E-state index is 0.0752. The van der Waals surface area contributed by atoms with E-state index in [4.69, 9.17) is 9.47 Å². The van der Waals surface area contributed by atoms with E-state index in [9.17, 15) is 9.18 Å². The molecule has 27 heavy (non-hydrogen) atoms. The van der Waals surface area contributed by atoms with Gasteiger partial charge in [-0.3, -0.25) is 9.78 Å². The number of pyridine rings is 1. The number of hydrogen-bond acceptors (Lipinski definition) is 4. The third-order valence-corrected chi connectivity index (χ3v) is 4.56. The number of ether oxygens (including phenoxy) is 2. The van der Waals surface area contributed by atoms with Crippen molar-refractivity contribution in [3.63, 3.8) is 0 Å². The number of benzene rings is 2. The number of fused-ring (bicyclic) bond motifs is 1. The van der Waals surface area contributed by atoms with Crippen molar-refractivity contribution in [2.24, 2.45) is 0 Å². The van der Waals surface area contributed by atoms with E-state index >= 15 is 0 Å². The molecule has 138 valence electrons. The second-order valence-corrected chi connectivity index (χ2v) is 6.44. The summed E-state index contributed by atoms with van der Waals surface area (Å²) in [4.78, 5) is 18.5. The van der Waals surface area contributed by atoms with Crippen molar-refractivity contribution in [1.29, 1.82) is 0 Å². The molecule has 2 heterocycles. The number of nitrogens with zero attached hydrogens (tertiary/aromatic N) is 2. The van der Waals surface area contributed by atoms with Crippen LogP contribution in [-0.2, 0) is 4.79 Å². The Labute approximate surface area is 156 Å². The highest BCUT2D eigenvalue weighted by Gasteiger charge is 2.28. The standard InChI is InChI=1S/C21H19FN2O3/c22-16-6-8-17(9-7-16)26-14-20(25)24-12-10-18(13-24)27-19-5-1-3-15-4-2-11-23-21(15)19/h1-9,11,18H,10,12-14H2/t18-/m1/s1. The Bertz CT molecular complexity index is 940. The van der Waals surface area contributed by atoms with Crippen molar-refractivity contribution < 1.29 is 18.7 Å². The highest BCUT2D eigenvalue weighted by Crippen LogP contribution is 2.26. The molecule has 1 atom stereocenters. The summed E-state index contributed by atoms with van der Waals surface area (Å²) >= 11 is 0. The van der Waals surface area contributed by atoms with Crippen LogP contribution in [0.4, 0.5) is 4.39 Å². The van der Waals surface area contributed by atoms with Gasteiger partial charge in [0.25, 0.3) is 5.91 Å². The lowest BCUT2D eigenvalue weighted by Gasteiger charge is -2.18. The maximum absolute atomic E-state index is 12.9. The molecule has 0 bridgehead atoms. The van der Waals surface area contributed by atoms with Gasteiger partial charge in [-0.1, -0.05) is 18.2 Å². The maximum atomic E-state index is 12.9. The predicted molar refractivity (Wildman–Crippen MR) is 99.3 cm³/mol. The molecule has 1 aliphatic rings. The number of carbonyl (C=O) groups excluding carboxylic acids is 1. The Balaban J connectivity index is 1.34. The summed E-state index contributed by atoms with van der Waals surface area (Å²) in [6.45, 7) is 1.05. The molecule has 1 amide bonds. The highest BCUT2D eigenvalue weighted by atomic mass is 19.1. The number of para-hydroxylation sites is 1. The normalized spacial score (nSPS) is 16.5. The van der Waals surface area contributed by atoms with Gasteiger partial charge >= 0.3 is 0 Å². The lowest BCUT2D eigenvalue weighted by Crippen LogP contribution is -2.34. The van der Waals surface area contributed by atoms with Gasteiger partial charge in [-0.2, -0.15) is 0 Å². The van der Waals surface area contributed by atoms with Crippen LogP contribution in [0.15, 0.2) is 60.8 Å². The summed E-state index contributed by atoms with van der Waals surface area (Å²) in [5.41, 5.74) is 0.824. The Morgan fingerprint density at radius 3 is 2.81 bits per heavy atom. The van der Waals surface area contributed by atoms with Crippen LogP contribution in [0.25, 0.3) is 10.9 Å². The van der Waals surface area contributed by atoms with Crippen LogP contribution in [0, 0.1) is 5.82 Å². The molecule has 6 heteroatoms. The zero-order valence-corrected chi connectivity index (χ0v) is 14.7. The number of halogens is 1. The number of amides is 1. The SMILES string of the molecule is O=C(COc1ccc(F)cc1)N1CC[C@@H](Oc2cccc3cccnc23)C1. The molecule has 4 rings (SSSR count). The third kappa shape index (κ3) is 4.00. The molecule has 1 aromatic heterocycles. The number of hydrogen-bond donors (Lipinski definition) is 0. The van der Waals surface area contributed by atoms with E-state index in [1.807, 2.05) is 30.3 Å². The van der Waals surface area contributed by atoms with E-state index in [0.717, 1.165) is 23.1 Å². The molecule has 1 fully saturated rings. The molecule has 1 saturated heterocycles.